The molecule has 7 heteroatoms. The fourth-order valence-corrected chi connectivity index (χ4v) is 1.78. The van der Waals surface area contributed by atoms with Crippen LogP contribution in [0.25, 0.3) is 0 Å². The molecule has 20 heavy (non-hydrogen) atoms. The average Bonchev–Trinajstić information content (AvgIpc) is 2.86. The molecule has 0 unspecified atom stereocenters. The van der Waals surface area contributed by atoms with E-state index < -0.39 is 0 Å². The highest BCUT2D eigenvalue weighted by atomic mass is 35.5. The predicted molar refractivity (Wildman–Crippen MR) is 74.1 cm³/mol. The first kappa shape index (κ1) is 14.5. The molecule has 1 heterocycles. The van der Waals surface area contributed by atoms with Gasteiger partial charge in [0, 0.05) is 30.8 Å². The van der Waals surface area contributed by atoms with Crippen LogP contribution in [-0.2, 0) is 24.3 Å². The van der Waals surface area contributed by atoms with Crippen LogP contribution in [0.5, 0.6) is 0 Å². The zero-order valence-corrected chi connectivity index (χ0v) is 11.5. The number of nitrogens with zero attached hydrogens (tertiary/aromatic N) is 3. The van der Waals surface area contributed by atoms with Crippen molar-refractivity contribution in [3.8, 4) is 0 Å². The van der Waals surface area contributed by atoms with Gasteiger partial charge in [-0.2, -0.15) is 0 Å². The molecule has 0 atom stereocenters. The summed E-state index contributed by atoms with van der Waals surface area (Å²) in [6.45, 7) is 0.557. The van der Waals surface area contributed by atoms with Gasteiger partial charge in [0.1, 0.15) is 6.54 Å². The number of hydrogen-bond donors (Lipinski definition) is 2. The van der Waals surface area contributed by atoms with Gasteiger partial charge in [0.05, 0.1) is 5.69 Å². The van der Waals surface area contributed by atoms with Crippen LogP contribution >= 0.6 is 11.6 Å². The predicted octanol–water partition coefficient (Wildman–Crippen LogP) is 0.783. The van der Waals surface area contributed by atoms with Crippen molar-refractivity contribution in [2.75, 3.05) is 6.61 Å². The summed E-state index contributed by atoms with van der Waals surface area (Å²) < 4.78 is 1.45. The Kier molecular flexibility index (Phi) is 5.09. The number of carbonyl (C=O) groups excluding carboxylic acids is 1. The summed E-state index contributed by atoms with van der Waals surface area (Å²) in [6.07, 6.45) is 2.09. The largest absolute Gasteiger partial charge is 0.396 e. The SMILES string of the molecule is O=C(Cn1cc(CCO)nn1)NCc1ccc(Cl)cc1. The molecule has 0 spiro atoms. The number of rotatable bonds is 6. The first-order chi connectivity index (χ1) is 9.67. The van der Waals surface area contributed by atoms with E-state index in [-0.39, 0.29) is 19.1 Å². The van der Waals surface area contributed by atoms with Gasteiger partial charge in [-0.1, -0.05) is 28.9 Å². The van der Waals surface area contributed by atoms with Gasteiger partial charge in [0.2, 0.25) is 5.91 Å². The lowest BCUT2D eigenvalue weighted by Crippen LogP contribution is -2.27. The Balaban J connectivity index is 1.81. The van der Waals surface area contributed by atoms with E-state index in [1.165, 1.54) is 4.68 Å². The number of aromatic nitrogens is 3. The van der Waals surface area contributed by atoms with Crippen molar-refractivity contribution in [1.82, 2.24) is 20.3 Å². The number of aliphatic hydroxyl groups excluding tert-OH is 1. The third kappa shape index (κ3) is 4.32. The van der Waals surface area contributed by atoms with Crippen LogP contribution in [0.3, 0.4) is 0 Å². The van der Waals surface area contributed by atoms with Gasteiger partial charge in [-0.3, -0.25) is 4.79 Å². The topological polar surface area (TPSA) is 80.0 Å². The zero-order chi connectivity index (χ0) is 14.4. The Morgan fingerprint density at radius 3 is 2.80 bits per heavy atom. The molecule has 1 aromatic heterocycles. The molecule has 0 saturated carbocycles. The van der Waals surface area contributed by atoms with Crippen molar-refractivity contribution >= 4 is 17.5 Å². The second-order valence-corrected chi connectivity index (χ2v) is 4.72. The Hall–Kier alpha value is -1.92. The van der Waals surface area contributed by atoms with E-state index >= 15 is 0 Å². The Bertz CT molecular complexity index is 568. The summed E-state index contributed by atoms with van der Waals surface area (Å²) in [4.78, 5) is 11.7. The maximum absolute atomic E-state index is 11.7. The monoisotopic (exact) mass is 294 g/mol. The molecule has 0 saturated heterocycles. The van der Waals surface area contributed by atoms with Crippen molar-refractivity contribution in [3.63, 3.8) is 0 Å². The Morgan fingerprint density at radius 1 is 1.35 bits per heavy atom. The number of hydrogen-bond acceptors (Lipinski definition) is 4. The van der Waals surface area contributed by atoms with Gasteiger partial charge >= 0.3 is 0 Å². The first-order valence-corrected chi connectivity index (χ1v) is 6.56. The molecule has 0 bridgehead atoms. The van der Waals surface area contributed by atoms with Crippen molar-refractivity contribution in [2.45, 2.75) is 19.5 Å². The summed E-state index contributed by atoms with van der Waals surface area (Å²) >= 11 is 5.79. The molecule has 0 aliphatic rings. The van der Waals surface area contributed by atoms with Crippen molar-refractivity contribution < 1.29 is 9.90 Å². The van der Waals surface area contributed by atoms with Gasteiger partial charge < -0.3 is 10.4 Å². The maximum atomic E-state index is 11.7. The van der Waals surface area contributed by atoms with E-state index in [1.807, 2.05) is 12.1 Å². The summed E-state index contributed by atoms with van der Waals surface area (Å²) in [5, 5.41) is 19.9. The summed E-state index contributed by atoms with van der Waals surface area (Å²) in [5.41, 5.74) is 1.64. The third-order valence-corrected chi connectivity index (χ3v) is 2.91. The van der Waals surface area contributed by atoms with Crippen LogP contribution in [0.2, 0.25) is 5.02 Å². The van der Waals surface area contributed by atoms with Crippen LogP contribution in [0.4, 0.5) is 0 Å². The molecule has 6 nitrogen and oxygen atoms in total. The minimum atomic E-state index is -0.152. The summed E-state index contributed by atoms with van der Waals surface area (Å²) in [5.74, 6) is -0.152. The van der Waals surface area contributed by atoms with E-state index in [0.29, 0.717) is 23.7 Å². The molecule has 0 aliphatic heterocycles. The first-order valence-electron chi connectivity index (χ1n) is 6.18. The van der Waals surface area contributed by atoms with E-state index in [4.69, 9.17) is 16.7 Å². The Morgan fingerprint density at radius 2 is 2.10 bits per heavy atom. The van der Waals surface area contributed by atoms with Crippen LogP contribution in [0, 0.1) is 0 Å². The molecule has 2 aromatic rings. The van der Waals surface area contributed by atoms with Gasteiger partial charge in [0.15, 0.2) is 0 Å². The van der Waals surface area contributed by atoms with Crippen LogP contribution in [0.1, 0.15) is 11.3 Å². The maximum Gasteiger partial charge on any atom is 0.242 e. The van der Waals surface area contributed by atoms with E-state index in [0.717, 1.165) is 5.56 Å². The normalized spacial score (nSPS) is 10.5. The van der Waals surface area contributed by atoms with Gasteiger partial charge in [-0.15, -0.1) is 5.10 Å². The van der Waals surface area contributed by atoms with Crippen molar-refractivity contribution in [3.05, 3.63) is 46.7 Å². The number of amides is 1. The molecule has 1 aromatic carbocycles. The quantitative estimate of drug-likeness (QED) is 0.825. The fourth-order valence-electron chi connectivity index (χ4n) is 1.65. The average molecular weight is 295 g/mol. The molecule has 2 rings (SSSR count). The van der Waals surface area contributed by atoms with Gasteiger partial charge in [-0.25, -0.2) is 4.68 Å². The minimum absolute atomic E-state index is 0.0153. The van der Waals surface area contributed by atoms with E-state index in [1.54, 1.807) is 18.3 Å². The van der Waals surface area contributed by atoms with Crippen molar-refractivity contribution in [2.24, 2.45) is 0 Å². The van der Waals surface area contributed by atoms with E-state index in [9.17, 15) is 4.79 Å². The minimum Gasteiger partial charge on any atom is -0.396 e. The zero-order valence-electron chi connectivity index (χ0n) is 10.8. The molecule has 0 radical (unpaired) electrons. The Labute approximate surface area is 121 Å². The van der Waals surface area contributed by atoms with Gasteiger partial charge in [0.25, 0.3) is 0 Å². The number of benzene rings is 1. The highest BCUT2D eigenvalue weighted by Gasteiger charge is 2.05. The van der Waals surface area contributed by atoms with Crippen molar-refractivity contribution in [1.29, 1.82) is 0 Å². The number of halogens is 1. The second-order valence-electron chi connectivity index (χ2n) is 4.28. The smallest absolute Gasteiger partial charge is 0.242 e. The van der Waals surface area contributed by atoms with Crippen LogP contribution in [0.15, 0.2) is 30.5 Å². The molecule has 2 N–H and O–H groups in total. The molecule has 0 aliphatic carbocycles. The standard InChI is InChI=1S/C13H15ClN4O2/c14-11-3-1-10(2-4-11)7-15-13(20)9-18-8-12(5-6-19)16-17-18/h1-4,8,19H,5-7,9H2,(H,15,20). The molecular weight excluding hydrogens is 280 g/mol. The lowest BCUT2D eigenvalue weighted by atomic mass is 10.2. The lowest BCUT2D eigenvalue weighted by molar-refractivity contribution is -0.122. The van der Waals surface area contributed by atoms with Crippen LogP contribution in [-0.4, -0.2) is 32.6 Å². The number of carbonyl (C=O) groups is 1. The molecular formula is C13H15ClN4O2. The fraction of sp³-hybridized carbons (Fsp3) is 0.308. The van der Waals surface area contributed by atoms with Crippen LogP contribution < -0.4 is 5.32 Å². The molecule has 0 fully saturated rings. The molecule has 106 valence electrons. The highest BCUT2D eigenvalue weighted by Crippen LogP contribution is 2.09. The third-order valence-electron chi connectivity index (χ3n) is 2.66. The van der Waals surface area contributed by atoms with Gasteiger partial charge in [-0.05, 0) is 17.7 Å². The van der Waals surface area contributed by atoms with E-state index in [2.05, 4.69) is 15.6 Å². The summed E-state index contributed by atoms with van der Waals surface area (Å²) in [7, 11) is 0. The highest BCUT2D eigenvalue weighted by molar-refractivity contribution is 6.30. The number of nitrogens with one attached hydrogen (secondary N) is 1. The summed E-state index contributed by atoms with van der Waals surface area (Å²) in [6, 6.07) is 7.28. The molecule has 1 amide bonds. The lowest BCUT2D eigenvalue weighted by Gasteiger charge is -2.05. The number of aliphatic hydroxyl groups is 1. The second kappa shape index (κ2) is 7.02.